The summed E-state index contributed by atoms with van der Waals surface area (Å²) in [6.45, 7) is 8.49. The molecule has 2 atom stereocenters. The van der Waals surface area contributed by atoms with Gasteiger partial charge in [0.25, 0.3) is 0 Å². The minimum absolute atomic E-state index is 0.179. The molecule has 0 aliphatic rings. The predicted molar refractivity (Wildman–Crippen MR) is 60.2 cm³/mol. The predicted octanol–water partition coefficient (Wildman–Crippen LogP) is 1.91. The van der Waals surface area contributed by atoms with E-state index in [0.29, 0.717) is 5.41 Å². The van der Waals surface area contributed by atoms with E-state index in [-0.39, 0.29) is 6.04 Å². The van der Waals surface area contributed by atoms with E-state index >= 15 is 0 Å². The summed E-state index contributed by atoms with van der Waals surface area (Å²) in [5, 5.41) is 0. The molecule has 2 unspecified atom stereocenters. The summed E-state index contributed by atoms with van der Waals surface area (Å²) in [5.74, 6) is 1.57. The lowest BCUT2D eigenvalue weighted by molar-refractivity contribution is 0.400. The van der Waals surface area contributed by atoms with Crippen LogP contribution in [0.25, 0.3) is 0 Å². The molecule has 0 aromatic rings. The smallest absolute Gasteiger partial charge is 0.0249 e. The highest BCUT2D eigenvalue weighted by atomic mass is 32.2. The Labute approximate surface area is 84.7 Å². The van der Waals surface area contributed by atoms with Crippen LogP contribution in [0.3, 0.4) is 0 Å². The van der Waals surface area contributed by atoms with E-state index in [9.17, 15) is 4.21 Å². The van der Waals surface area contributed by atoms with Crippen LogP contribution in [0.5, 0.6) is 0 Å². The van der Waals surface area contributed by atoms with Crippen molar-refractivity contribution < 1.29 is 4.21 Å². The first kappa shape index (κ1) is 13.1. The molecular weight excluding hydrogens is 182 g/mol. The molecule has 0 aromatic heterocycles. The molecule has 2 N–H and O–H groups in total. The molecule has 0 amide bonds. The molecule has 0 aliphatic carbocycles. The minimum Gasteiger partial charge on any atom is -0.328 e. The lowest BCUT2D eigenvalue weighted by Crippen LogP contribution is -2.19. The average Bonchev–Trinajstić information content (AvgIpc) is 1.95. The number of hydrogen-bond acceptors (Lipinski definition) is 2. The lowest BCUT2D eigenvalue weighted by atomic mass is 9.94. The van der Waals surface area contributed by atoms with Crippen molar-refractivity contribution in [3.8, 4) is 0 Å². The second-order valence-electron chi connectivity index (χ2n) is 4.92. The second-order valence-corrected chi connectivity index (χ2v) is 6.62. The summed E-state index contributed by atoms with van der Waals surface area (Å²) in [4.78, 5) is 0. The summed E-state index contributed by atoms with van der Waals surface area (Å²) in [6.07, 6.45) is 1.90. The van der Waals surface area contributed by atoms with Crippen molar-refractivity contribution in [3.63, 3.8) is 0 Å². The summed E-state index contributed by atoms with van der Waals surface area (Å²) in [6, 6.07) is 0.179. The van der Waals surface area contributed by atoms with Gasteiger partial charge >= 0.3 is 0 Å². The normalized spacial score (nSPS) is 17.0. The molecule has 0 radical (unpaired) electrons. The van der Waals surface area contributed by atoms with Crippen molar-refractivity contribution in [3.05, 3.63) is 0 Å². The van der Waals surface area contributed by atoms with E-state index in [0.717, 1.165) is 24.3 Å². The molecule has 80 valence electrons. The summed E-state index contributed by atoms with van der Waals surface area (Å²) >= 11 is 0. The highest BCUT2D eigenvalue weighted by molar-refractivity contribution is 7.84. The van der Waals surface area contributed by atoms with E-state index < -0.39 is 10.8 Å². The van der Waals surface area contributed by atoms with Gasteiger partial charge in [0.1, 0.15) is 0 Å². The Morgan fingerprint density at radius 2 is 1.85 bits per heavy atom. The van der Waals surface area contributed by atoms with E-state index in [2.05, 4.69) is 20.8 Å². The third kappa shape index (κ3) is 10.0. The third-order valence-corrected chi connectivity index (χ3v) is 3.23. The van der Waals surface area contributed by atoms with Crippen molar-refractivity contribution in [2.24, 2.45) is 11.1 Å². The Kier molecular flexibility index (Phi) is 5.81. The average molecular weight is 205 g/mol. The molecule has 0 aromatic carbocycles. The monoisotopic (exact) mass is 205 g/mol. The van der Waals surface area contributed by atoms with E-state index in [1.807, 2.05) is 6.92 Å². The summed E-state index contributed by atoms with van der Waals surface area (Å²) in [5.41, 5.74) is 5.88. The fraction of sp³-hybridized carbons (Fsp3) is 1.00. The van der Waals surface area contributed by atoms with Crippen molar-refractivity contribution in [1.82, 2.24) is 0 Å². The molecule has 3 heteroatoms. The fourth-order valence-corrected chi connectivity index (χ4v) is 2.52. The van der Waals surface area contributed by atoms with Gasteiger partial charge in [0.15, 0.2) is 0 Å². The first-order valence-corrected chi connectivity index (χ1v) is 6.40. The highest BCUT2D eigenvalue weighted by Gasteiger charge is 2.12. The molecule has 0 heterocycles. The molecule has 13 heavy (non-hydrogen) atoms. The van der Waals surface area contributed by atoms with Gasteiger partial charge in [0.2, 0.25) is 0 Å². The zero-order valence-corrected chi connectivity index (χ0v) is 10.1. The molecule has 0 bridgehead atoms. The van der Waals surface area contributed by atoms with Gasteiger partial charge in [-0.3, -0.25) is 4.21 Å². The maximum absolute atomic E-state index is 11.4. The summed E-state index contributed by atoms with van der Waals surface area (Å²) < 4.78 is 11.4. The molecule has 0 saturated carbocycles. The zero-order chi connectivity index (χ0) is 10.5. The Morgan fingerprint density at radius 3 is 2.23 bits per heavy atom. The van der Waals surface area contributed by atoms with Gasteiger partial charge in [-0.25, -0.2) is 0 Å². The number of rotatable bonds is 5. The zero-order valence-electron chi connectivity index (χ0n) is 9.30. The van der Waals surface area contributed by atoms with Crippen LogP contribution in [-0.4, -0.2) is 21.8 Å². The minimum atomic E-state index is -0.667. The van der Waals surface area contributed by atoms with Gasteiger partial charge in [-0.05, 0) is 25.2 Å². The van der Waals surface area contributed by atoms with Crippen LogP contribution < -0.4 is 5.73 Å². The Balaban J connectivity index is 3.53. The third-order valence-electron chi connectivity index (χ3n) is 1.88. The molecule has 0 aliphatic heterocycles. The van der Waals surface area contributed by atoms with Gasteiger partial charge < -0.3 is 5.73 Å². The van der Waals surface area contributed by atoms with E-state index in [1.54, 1.807) is 0 Å². The largest absolute Gasteiger partial charge is 0.328 e. The lowest BCUT2D eigenvalue weighted by Gasteiger charge is -2.17. The first-order chi connectivity index (χ1) is 5.81. The number of hydrogen-bond donors (Lipinski definition) is 1. The molecule has 0 fully saturated rings. The van der Waals surface area contributed by atoms with Gasteiger partial charge in [-0.1, -0.05) is 20.8 Å². The van der Waals surface area contributed by atoms with E-state index in [4.69, 9.17) is 5.73 Å². The van der Waals surface area contributed by atoms with Crippen LogP contribution in [0.2, 0.25) is 0 Å². The standard InChI is InChI=1S/C10H23NOS/c1-9(11)5-7-13(12)8-6-10(2,3)4/h9H,5-8,11H2,1-4H3. The van der Waals surface area contributed by atoms with Crippen molar-refractivity contribution in [1.29, 1.82) is 0 Å². The van der Waals surface area contributed by atoms with Gasteiger partial charge in [0.05, 0.1) is 0 Å². The first-order valence-electron chi connectivity index (χ1n) is 4.92. The number of nitrogens with two attached hydrogens (primary N) is 1. The van der Waals surface area contributed by atoms with Gasteiger partial charge in [-0.2, -0.15) is 0 Å². The van der Waals surface area contributed by atoms with Crippen LogP contribution >= 0.6 is 0 Å². The van der Waals surface area contributed by atoms with Gasteiger partial charge in [0, 0.05) is 28.3 Å². The Morgan fingerprint density at radius 1 is 1.31 bits per heavy atom. The maximum Gasteiger partial charge on any atom is 0.0249 e. The van der Waals surface area contributed by atoms with Crippen LogP contribution in [0.15, 0.2) is 0 Å². The molecule has 2 nitrogen and oxygen atoms in total. The van der Waals surface area contributed by atoms with E-state index in [1.165, 1.54) is 0 Å². The highest BCUT2D eigenvalue weighted by Crippen LogP contribution is 2.18. The fourth-order valence-electron chi connectivity index (χ4n) is 0.839. The maximum atomic E-state index is 11.4. The second kappa shape index (κ2) is 5.76. The van der Waals surface area contributed by atoms with Crippen LogP contribution in [0, 0.1) is 5.41 Å². The van der Waals surface area contributed by atoms with Crippen molar-refractivity contribution in [2.45, 2.75) is 46.6 Å². The molecular formula is C10H23NOS. The summed E-state index contributed by atoms with van der Waals surface area (Å²) in [7, 11) is -0.667. The SMILES string of the molecule is CC(N)CCS(=O)CCC(C)(C)C. The topological polar surface area (TPSA) is 43.1 Å². The van der Waals surface area contributed by atoms with Crippen LogP contribution in [-0.2, 0) is 10.8 Å². The molecule has 0 rings (SSSR count). The van der Waals surface area contributed by atoms with Crippen LogP contribution in [0.1, 0.15) is 40.5 Å². The van der Waals surface area contributed by atoms with Crippen molar-refractivity contribution in [2.75, 3.05) is 11.5 Å². The van der Waals surface area contributed by atoms with Crippen molar-refractivity contribution >= 4 is 10.8 Å². The Bertz CT molecular complexity index is 161. The molecule has 0 spiro atoms. The molecule has 0 saturated heterocycles. The van der Waals surface area contributed by atoms with Gasteiger partial charge in [-0.15, -0.1) is 0 Å². The van der Waals surface area contributed by atoms with Crippen LogP contribution in [0.4, 0.5) is 0 Å². The Hall–Kier alpha value is 0.110. The quantitative estimate of drug-likeness (QED) is 0.745.